The lowest BCUT2D eigenvalue weighted by molar-refractivity contribution is -0.137. The second kappa shape index (κ2) is 17.2. The number of halogens is 7. The van der Waals surface area contributed by atoms with Crippen molar-refractivity contribution < 1.29 is 49.8 Å². The molecule has 6 aromatic carbocycles. The van der Waals surface area contributed by atoms with Crippen molar-refractivity contribution in [2.24, 2.45) is 0 Å². The van der Waals surface area contributed by atoms with E-state index in [1.807, 2.05) is 0 Å². The number of fused-ring (bicyclic) bond motifs is 2. The number of benzene rings is 6. The van der Waals surface area contributed by atoms with Crippen LogP contribution in [0.4, 0.5) is 63.1 Å². The molecule has 0 spiro atoms. The Balaban J connectivity index is 1.14. The van der Waals surface area contributed by atoms with E-state index >= 15 is 8.78 Å². The molecule has 8 rings (SSSR count). The number of hydrogen-bond acceptors (Lipinski definition) is 8. The number of nitrogens with zero attached hydrogens (tertiary/aromatic N) is 6. The van der Waals surface area contributed by atoms with Gasteiger partial charge in [0.05, 0.1) is 50.4 Å². The van der Waals surface area contributed by atoms with E-state index in [2.05, 4.69) is 30.6 Å². The van der Waals surface area contributed by atoms with Gasteiger partial charge >= 0.3 is 18.2 Å². The predicted octanol–water partition coefficient (Wildman–Crippen LogP) is 12.0. The van der Waals surface area contributed by atoms with Crippen LogP contribution in [0.3, 0.4) is 0 Å². The number of aromatic nitrogens is 4. The summed E-state index contributed by atoms with van der Waals surface area (Å²) in [6.45, 7) is 3.48. The van der Waals surface area contributed by atoms with Crippen LogP contribution in [0.1, 0.15) is 17.0 Å². The molecular weight excluding hydrogens is 850 g/mol. The molecule has 2 N–H and O–H groups in total. The van der Waals surface area contributed by atoms with Gasteiger partial charge in [-0.1, -0.05) is 0 Å². The lowest BCUT2D eigenvalue weighted by Gasteiger charge is -2.35. The Morgan fingerprint density at radius 1 is 0.516 bits per heavy atom. The Hall–Kier alpha value is -8.35. The first-order valence-electron chi connectivity index (χ1n) is 18.8. The highest BCUT2D eigenvalue weighted by Crippen LogP contribution is 2.35. The quantitative estimate of drug-likeness (QED) is 0.114. The van der Waals surface area contributed by atoms with Gasteiger partial charge in [-0.2, -0.15) is 23.2 Å². The number of carbonyl (C=O) groups is 2. The summed E-state index contributed by atoms with van der Waals surface area (Å²) in [6, 6.07) is 18.4. The fourth-order valence-electron chi connectivity index (χ4n) is 6.27. The summed E-state index contributed by atoms with van der Waals surface area (Å²) in [5.41, 5.74) is 0.886. The number of urea groups is 2. The van der Waals surface area contributed by atoms with Gasteiger partial charge in [0.2, 0.25) is 0 Å². The van der Waals surface area contributed by atoms with Crippen molar-refractivity contribution in [3.63, 3.8) is 0 Å². The number of anilines is 4. The molecule has 19 heteroatoms. The SMILES string of the molecule is Cc1cnc2ccc(Oc3ccc(NC(=O)N(c4ccc(F)c(F)c4)N(C(=O)Nc4ccc(C(F)(F)F)cc4)c4ccc(Oc5ccc6ncc(C)nc6c5)c(F)c4)cc3F)cc2n1. The Bertz CT molecular complexity index is 3100. The molecule has 2 aromatic heterocycles. The zero-order valence-electron chi connectivity index (χ0n) is 33.1. The third-order valence-electron chi connectivity index (χ3n) is 9.26. The van der Waals surface area contributed by atoms with E-state index in [1.165, 1.54) is 24.3 Å². The number of carbonyl (C=O) groups excluding carboxylic acids is 2. The first kappa shape index (κ1) is 42.3. The van der Waals surface area contributed by atoms with Crippen molar-refractivity contribution in [2.75, 3.05) is 20.7 Å². The number of ether oxygens (including phenoxy) is 2. The van der Waals surface area contributed by atoms with E-state index < -0.39 is 58.4 Å². The van der Waals surface area contributed by atoms with Crippen LogP contribution < -0.4 is 30.1 Å². The molecule has 8 aromatic rings. The molecule has 0 saturated carbocycles. The van der Waals surface area contributed by atoms with Gasteiger partial charge in [-0.25, -0.2) is 37.1 Å². The Kier molecular flexibility index (Phi) is 11.4. The maximum absolute atomic E-state index is 16.1. The van der Waals surface area contributed by atoms with E-state index in [-0.39, 0.29) is 34.4 Å². The summed E-state index contributed by atoms with van der Waals surface area (Å²) < 4.78 is 113. The van der Waals surface area contributed by atoms with Crippen LogP contribution in [0.2, 0.25) is 0 Å². The van der Waals surface area contributed by atoms with E-state index in [4.69, 9.17) is 9.47 Å². The van der Waals surface area contributed by atoms with Crippen LogP contribution in [0.5, 0.6) is 23.0 Å². The zero-order valence-corrected chi connectivity index (χ0v) is 33.1. The van der Waals surface area contributed by atoms with E-state index in [0.717, 1.165) is 42.5 Å². The third kappa shape index (κ3) is 9.27. The number of rotatable bonds is 8. The summed E-state index contributed by atoms with van der Waals surface area (Å²) >= 11 is 0. The molecular formula is C45H29F7N8O4. The largest absolute Gasteiger partial charge is 0.454 e. The van der Waals surface area contributed by atoms with Crippen molar-refractivity contribution in [1.82, 2.24) is 19.9 Å². The lowest BCUT2D eigenvalue weighted by Crippen LogP contribution is -2.54. The number of amides is 4. The van der Waals surface area contributed by atoms with Gasteiger partial charge in [0, 0.05) is 54.1 Å². The van der Waals surface area contributed by atoms with Gasteiger partial charge in [-0.15, -0.1) is 0 Å². The maximum atomic E-state index is 16.1. The van der Waals surface area contributed by atoms with Crippen LogP contribution in [0.25, 0.3) is 22.1 Å². The van der Waals surface area contributed by atoms with Crippen LogP contribution in [-0.4, -0.2) is 32.0 Å². The molecule has 0 bridgehead atoms. The predicted molar refractivity (Wildman–Crippen MR) is 222 cm³/mol. The van der Waals surface area contributed by atoms with Gasteiger partial charge in [0.15, 0.2) is 34.8 Å². The van der Waals surface area contributed by atoms with Gasteiger partial charge in [-0.05, 0) is 98.8 Å². The summed E-state index contributed by atoms with van der Waals surface area (Å²) in [4.78, 5) is 45.9. The molecule has 0 aliphatic heterocycles. The summed E-state index contributed by atoms with van der Waals surface area (Å²) in [6.07, 6.45) is -1.56. The molecule has 2 heterocycles. The molecule has 322 valence electrons. The topological polar surface area (TPSA) is 135 Å². The second-order valence-corrected chi connectivity index (χ2v) is 13.9. The van der Waals surface area contributed by atoms with Gasteiger partial charge in [0.25, 0.3) is 0 Å². The highest BCUT2D eigenvalue weighted by molar-refractivity contribution is 6.13. The molecule has 64 heavy (non-hydrogen) atoms. The van der Waals surface area contributed by atoms with Crippen LogP contribution in [-0.2, 0) is 6.18 Å². The Labute approximate surface area is 357 Å². The van der Waals surface area contributed by atoms with Gasteiger partial charge in [-0.3, -0.25) is 9.97 Å². The minimum absolute atomic E-state index is 0.157. The van der Waals surface area contributed by atoms with Crippen LogP contribution >= 0.6 is 0 Å². The number of alkyl halides is 3. The third-order valence-corrected chi connectivity index (χ3v) is 9.26. The van der Waals surface area contributed by atoms with Gasteiger partial charge < -0.3 is 20.1 Å². The number of aryl methyl sites for hydroxylation is 2. The fourth-order valence-corrected chi connectivity index (χ4v) is 6.27. The highest BCUT2D eigenvalue weighted by atomic mass is 19.4. The first-order valence-corrected chi connectivity index (χ1v) is 18.8. The van der Waals surface area contributed by atoms with Crippen LogP contribution in [0, 0.1) is 37.1 Å². The average Bonchev–Trinajstić information content (AvgIpc) is 3.25. The molecule has 0 atom stereocenters. The molecule has 0 unspecified atom stereocenters. The second-order valence-electron chi connectivity index (χ2n) is 13.9. The Morgan fingerprint density at radius 2 is 0.984 bits per heavy atom. The number of hydrazine groups is 1. The van der Waals surface area contributed by atoms with Crippen molar-refractivity contribution in [1.29, 1.82) is 0 Å². The minimum atomic E-state index is -4.72. The average molecular weight is 879 g/mol. The van der Waals surface area contributed by atoms with E-state index in [1.54, 1.807) is 50.5 Å². The molecule has 0 saturated heterocycles. The van der Waals surface area contributed by atoms with Crippen molar-refractivity contribution in [3.05, 3.63) is 168 Å². The fraction of sp³-hybridized carbons (Fsp3) is 0.0667. The van der Waals surface area contributed by atoms with E-state index in [0.29, 0.717) is 67.7 Å². The minimum Gasteiger partial charge on any atom is -0.454 e. The monoisotopic (exact) mass is 878 g/mol. The molecule has 0 aliphatic carbocycles. The lowest BCUT2D eigenvalue weighted by atomic mass is 10.2. The van der Waals surface area contributed by atoms with Crippen molar-refractivity contribution in [3.8, 4) is 23.0 Å². The van der Waals surface area contributed by atoms with Crippen molar-refractivity contribution in [2.45, 2.75) is 20.0 Å². The molecule has 0 fully saturated rings. The van der Waals surface area contributed by atoms with Crippen molar-refractivity contribution >= 4 is 56.9 Å². The summed E-state index contributed by atoms with van der Waals surface area (Å²) in [7, 11) is 0. The maximum Gasteiger partial charge on any atom is 0.416 e. The molecule has 0 radical (unpaired) electrons. The molecule has 12 nitrogen and oxygen atoms in total. The Morgan fingerprint density at radius 3 is 1.48 bits per heavy atom. The number of hydrogen-bond donors (Lipinski definition) is 2. The highest BCUT2D eigenvalue weighted by Gasteiger charge is 2.33. The van der Waals surface area contributed by atoms with Gasteiger partial charge in [0.1, 0.15) is 11.5 Å². The standard InChI is InChI=1S/C45H29F7N8O4/c1-24-22-53-37-13-10-31(20-39(37)55-24)63-41-15-7-28(17-35(41)48)58-44(62)59(29-8-12-33(46)34(47)18-29)60(43(61)57-27-5-3-26(4-6-27)45(50,51)52)30-9-16-42(36(49)19-30)64-32-11-14-38-40(21-32)56-25(2)23-54-38/h3-23H,1-2H3,(H,57,61)(H,58,62). The normalized spacial score (nSPS) is 11.3. The smallest absolute Gasteiger partial charge is 0.416 e. The summed E-state index contributed by atoms with van der Waals surface area (Å²) in [5.74, 6) is -5.10. The molecule has 4 amide bonds. The molecule has 0 aliphatic rings. The zero-order chi connectivity index (χ0) is 45.3. The number of nitrogens with one attached hydrogen (secondary N) is 2. The summed E-state index contributed by atoms with van der Waals surface area (Å²) in [5, 5.41) is 5.70. The van der Waals surface area contributed by atoms with E-state index in [9.17, 15) is 31.5 Å². The first-order chi connectivity index (χ1) is 30.6. The van der Waals surface area contributed by atoms with Crippen LogP contribution in [0.15, 0.2) is 128 Å².